The first kappa shape index (κ1) is 15.3. The molecule has 1 aromatic carbocycles. The van der Waals surface area contributed by atoms with Gasteiger partial charge in [-0.05, 0) is 31.9 Å². The van der Waals surface area contributed by atoms with Gasteiger partial charge in [-0.15, -0.1) is 0 Å². The predicted octanol–water partition coefficient (Wildman–Crippen LogP) is 2.79. The number of hydrogen-bond donors (Lipinski definition) is 2. The number of ether oxygens (including phenoxy) is 1. The lowest BCUT2D eigenvalue weighted by Crippen LogP contribution is -2.25. The fraction of sp³-hybridized carbons (Fsp3) is 0.353. The van der Waals surface area contributed by atoms with Crippen molar-refractivity contribution >= 4 is 16.9 Å². The zero-order valence-electron chi connectivity index (χ0n) is 12.7. The van der Waals surface area contributed by atoms with Gasteiger partial charge in [-0.3, -0.25) is 4.79 Å². The van der Waals surface area contributed by atoms with Crippen molar-refractivity contribution in [3.63, 3.8) is 0 Å². The van der Waals surface area contributed by atoms with Gasteiger partial charge in [0.05, 0.1) is 12.5 Å². The second-order valence-corrected chi connectivity index (χ2v) is 5.80. The van der Waals surface area contributed by atoms with E-state index in [4.69, 9.17) is 10.5 Å². The summed E-state index contributed by atoms with van der Waals surface area (Å²) in [6, 6.07) is 7.99. The molecule has 0 fully saturated rings. The molecule has 0 aliphatic carbocycles. The molecule has 3 N–H and O–H groups in total. The molecule has 4 nitrogen and oxygen atoms in total. The minimum atomic E-state index is -0.660. The molecule has 0 amide bonds. The number of carbonyl (C=O) groups excluding carboxylic acids is 1. The lowest BCUT2D eigenvalue weighted by molar-refractivity contribution is -0.148. The van der Waals surface area contributed by atoms with Gasteiger partial charge in [0.1, 0.15) is 0 Å². The number of rotatable bonds is 5. The van der Waals surface area contributed by atoms with Crippen molar-refractivity contribution in [2.75, 3.05) is 7.11 Å². The predicted molar refractivity (Wildman–Crippen MR) is 84.9 cm³/mol. The Morgan fingerprint density at radius 2 is 2.14 bits per heavy atom. The van der Waals surface area contributed by atoms with E-state index in [9.17, 15) is 4.79 Å². The van der Waals surface area contributed by atoms with E-state index in [1.807, 2.05) is 50.4 Å². The van der Waals surface area contributed by atoms with Crippen LogP contribution in [0.15, 0.2) is 42.6 Å². The molecule has 21 heavy (non-hydrogen) atoms. The maximum absolute atomic E-state index is 11.6. The summed E-state index contributed by atoms with van der Waals surface area (Å²) >= 11 is 0. The number of nitrogens with one attached hydrogen (secondary N) is 1. The minimum absolute atomic E-state index is 0.145. The van der Waals surface area contributed by atoms with E-state index < -0.39 is 5.41 Å². The van der Waals surface area contributed by atoms with Crippen LogP contribution in [0.1, 0.15) is 19.4 Å². The van der Waals surface area contributed by atoms with Crippen LogP contribution in [0.4, 0.5) is 0 Å². The van der Waals surface area contributed by atoms with Crippen LogP contribution in [0, 0.1) is 5.41 Å². The Balaban J connectivity index is 2.08. The van der Waals surface area contributed by atoms with Crippen molar-refractivity contribution in [2.45, 2.75) is 26.3 Å². The van der Waals surface area contributed by atoms with Gasteiger partial charge >= 0.3 is 5.97 Å². The Labute approximate surface area is 125 Å². The SMILES string of the molecule is COC(=O)C(C)(C)C=CC(N)Cc1c[nH]c2ccccc12. The molecule has 1 atom stereocenters. The van der Waals surface area contributed by atoms with E-state index in [1.165, 1.54) is 18.1 Å². The molecule has 0 saturated heterocycles. The van der Waals surface area contributed by atoms with E-state index >= 15 is 0 Å². The Morgan fingerprint density at radius 3 is 2.86 bits per heavy atom. The highest BCUT2D eigenvalue weighted by molar-refractivity contribution is 5.83. The lowest BCUT2D eigenvalue weighted by atomic mass is 9.92. The molecule has 4 heteroatoms. The number of nitrogens with two attached hydrogens (primary N) is 1. The Hall–Kier alpha value is -2.07. The molecule has 0 saturated carbocycles. The van der Waals surface area contributed by atoms with Crippen molar-refractivity contribution in [3.8, 4) is 0 Å². The Kier molecular flexibility index (Phi) is 4.48. The normalized spacial score (nSPS) is 13.7. The zero-order valence-corrected chi connectivity index (χ0v) is 12.7. The molecule has 112 valence electrons. The summed E-state index contributed by atoms with van der Waals surface area (Å²) in [5.74, 6) is -0.266. The molecule has 0 aliphatic heterocycles. The standard InChI is InChI=1S/C17H22N2O2/c1-17(2,16(20)21-3)9-8-13(18)10-12-11-19-15-7-5-4-6-14(12)15/h4-9,11,13,19H,10,18H2,1-3H3. The van der Waals surface area contributed by atoms with Crippen LogP contribution in [0.2, 0.25) is 0 Å². The van der Waals surface area contributed by atoms with Crippen LogP contribution in [-0.2, 0) is 16.0 Å². The third kappa shape index (κ3) is 3.52. The molecule has 1 aromatic heterocycles. The quantitative estimate of drug-likeness (QED) is 0.656. The highest BCUT2D eigenvalue weighted by Gasteiger charge is 2.25. The summed E-state index contributed by atoms with van der Waals surface area (Å²) in [7, 11) is 1.39. The van der Waals surface area contributed by atoms with E-state index in [0.29, 0.717) is 0 Å². The average Bonchev–Trinajstić information content (AvgIpc) is 2.88. The van der Waals surface area contributed by atoms with Crippen molar-refractivity contribution in [1.29, 1.82) is 0 Å². The Bertz CT molecular complexity index is 656. The van der Waals surface area contributed by atoms with Crippen LogP contribution in [0.3, 0.4) is 0 Å². The number of esters is 1. The summed E-state index contributed by atoms with van der Waals surface area (Å²) in [5.41, 5.74) is 7.78. The number of fused-ring (bicyclic) bond motifs is 1. The number of aromatic amines is 1. The van der Waals surface area contributed by atoms with Gasteiger partial charge in [-0.1, -0.05) is 30.4 Å². The van der Waals surface area contributed by atoms with E-state index in [2.05, 4.69) is 11.1 Å². The van der Waals surface area contributed by atoms with Gasteiger partial charge in [0, 0.05) is 23.1 Å². The highest BCUT2D eigenvalue weighted by Crippen LogP contribution is 2.21. The third-order valence-electron chi connectivity index (χ3n) is 3.60. The largest absolute Gasteiger partial charge is 0.468 e. The minimum Gasteiger partial charge on any atom is -0.468 e. The second kappa shape index (κ2) is 6.14. The lowest BCUT2D eigenvalue weighted by Gasteiger charge is -2.17. The zero-order chi connectivity index (χ0) is 15.5. The van der Waals surface area contributed by atoms with Crippen molar-refractivity contribution in [3.05, 3.63) is 48.2 Å². The summed E-state index contributed by atoms with van der Waals surface area (Å²) < 4.78 is 4.77. The number of methoxy groups -OCH3 is 1. The molecule has 0 bridgehead atoms. The van der Waals surface area contributed by atoms with Gasteiger partial charge in [-0.2, -0.15) is 0 Å². The number of benzene rings is 1. The summed E-state index contributed by atoms with van der Waals surface area (Å²) in [6.07, 6.45) is 6.40. The third-order valence-corrected chi connectivity index (χ3v) is 3.60. The molecule has 0 radical (unpaired) electrons. The van der Waals surface area contributed by atoms with Gasteiger partial charge in [0.15, 0.2) is 0 Å². The maximum Gasteiger partial charge on any atom is 0.315 e. The molecule has 0 spiro atoms. The molecule has 1 unspecified atom stereocenters. The van der Waals surface area contributed by atoms with Gasteiger partial charge in [0.25, 0.3) is 0 Å². The molecule has 1 heterocycles. The number of hydrogen-bond acceptors (Lipinski definition) is 3. The number of aromatic nitrogens is 1. The van der Waals surface area contributed by atoms with Crippen LogP contribution in [0.5, 0.6) is 0 Å². The highest BCUT2D eigenvalue weighted by atomic mass is 16.5. The maximum atomic E-state index is 11.6. The fourth-order valence-electron chi connectivity index (χ4n) is 2.32. The summed E-state index contributed by atoms with van der Waals surface area (Å²) in [6.45, 7) is 3.63. The first-order valence-electron chi connectivity index (χ1n) is 7.02. The number of H-pyrrole nitrogens is 1. The fourth-order valence-corrected chi connectivity index (χ4v) is 2.32. The first-order chi connectivity index (χ1) is 9.94. The molecular formula is C17H22N2O2. The van der Waals surface area contributed by atoms with Crippen LogP contribution in [-0.4, -0.2) is 24.1 Å². The first-order valence-corrected chi connectivity index (χ1v) is 7.02. The van der Waals surface area contributed by atoms with Crippen molar-refractivity contribution in [2.24, 2.45) is 11.1 Å². The van der Waals surface area contributed by atoms with Crippen LogP contribution >= 0.6 is 0 Å². The number of carbonyl (C=O) groups is 1. The van der Waals surface area contributed by atoms with Gasteiger partial charge in [-0.25, -0.2) is 0 Å². The molecule has 0 aliphatic rings. The van der Waals surface area contributed by atoms with Crippen LogP contribution in [0.25, 0.3) is 10.9 Å². The van der Waals surface area contributed by atoms with E-state index in [-0.39, 0.29) is 12.0 Å². The van der Waals surface area contributed by atoms with Crippen LogP contribution < -0.4 is 5.73 Å². The molecule has 2 aromatic rings. The van der Waals surface area contributed by atoms with Crippen molar-refractivity contribution < 1.29 is 9.53 Å². The topological polar surface area (TPSA) is 68.1 Å². The van der Waals surface area contributed by atoms with Gasteiger partial charge in [0.2, 0.25) is 0 Å². The molecular weight excluding hydrogens is 264 g/mol. The average molecular weight is 286 g/mol. The second-order valence-electron chi connectivity index (χ2n) is 5.80. The summed E-state index contributed by atoms with van der Waals surface area (Å²) in [5, 5.41) is 1.19. The van der Waals surface area contributed by atoms with E-state index in [0.717, 1.165) is 11.9 Å². The van der Waals surface area contributed by atoms with E-state index in [1.54, 1.807) is 0 Å². The monoisotopic (exact) mass is 286 g/mol. The van der Waals surface area contributed by atoms with Gasteiger partial charge < -0.3 is 15.5 Å². The smallest absolute Gasteiger partial charge is 0.315 e. The molecule has 2 rings (SSSR count). The number of para-hydroxylation sites is 1. The summed E-state index contributed by atoms with van der Waals surface area (Å²) in [4.78, 5) is 14.9. The van der Waals surface area contributed by atoms with Crippen molar-refractivity contribution in [1.82, 2.24) is 4.98 Å². The Morgan fingerprint density at radius 1 is 1.43 bits per heavy atom.